The van der Waals surface area contributed by atoms with Gasteiger partial charge in [-0.2, -0.15) is 0 Å². The second-order valence-corrected chi connectivity index (χ2v) is 10.4. The molecule has 0 spiro atoms. The summed E-state index contributed by atoms with van der Waals surface area (Å²) < 4.78 is 0. The minimum absolute atomic E-state index is 0.00344. The van der Waals surface area contributed by atoms with Crippen LogP contribution in [0.3, 0.4) is 0 Å². The van der Waals surface area contributed by atoms with Gasteiger partial charge in [-0.3, -0.25) is 4.79 Å². The molecule has 0 heterocycles. The fraction of sp³-hybridized carbons (Fsp3) is 0.400. The normalized spacial score (nSPS) is 10.4. The molecule has 18 heavy (non-hydrogen) atoms. The average Bonchev–Trinajstić information content (AvgIpc) is 2.27. The molecule has 1 N–H and O–H groups in total. The number of amides is 1. The second-order valence-electron chi connectivity index (χ2n) is 5.36. The molecule has 0 radical (unpaired) electrons. The Kier molecular flexibility index (Phi) is 5.18. The first-order valence-corrected chi connectivity index (χ1v) is 9.73. The van der Waals surface area contributed by atoms with Crippen LogP contribution in [0, 0.1) is 11.8 Å². The molecule has 0 saturated heterocycles. The summed E-state index contributed by atoms with van der Waals surface area (Å²) in [6.45, 7) is 9.14. The number of hydrogen-bond acceptors (Lipinski definition) is 1. The molecule has 0 aliphatic heterocycles. The van der Waals surface area contributed by atoms with Gasteiger partial charge in [-0.1, -0.05) is 48.8 Å². The van der Waals surface area contributed by atoms with Crippen molar-refractivity contribution in [3.63, 3.8) is 0 Å². The van der Waals surface area contributed by atoms with Crippen LogP contribution in [-0.2, 0) is 4.79 Å². The molecule has 1 rings (SSSR count). The number of carbonyl (C=O) groups excluding carboxylic acids is 1. The van der Waals surface area contributed by atoms with Gasteiger partial charge in [0.2, 0.25) is 5.91 Å². The number of nitrogens with one attached hydrogen (secondary N) is 1. The Morgan fingerprint density at radius 2 is 1.83 bits per heavy atom. The van der Waals surface area contributed by atoms with Crippen LogP contribution in [-0.4, -0.2) is 20.5 Å². The van der Waals surface area contributed by atoms with E-state index in [-0.39, 0.29) is 5.91 Å². The third-order valence-electron chi connectivity index (χ3n) is 2.61. The van der Waals surface area contributed by atoms with E-state index in [9.17, 15) is 4.79 Å². The molecule has 1 aromatic rings. The fourth-order valence-electron chi connectivity index (χ4n) is 1.52. The van der Waals surface area contributed by atoms with Gasteiger partial charge in [0, 0.05) is 25.5 Å². The third-order valence-corrected chi connectivity index (χ3v) is 4.67. The Hall–Kier alpha value is -1.53. The Labute approximate surface area is 111 Å². The second kappa shape index (κ2) is 6.41. The molecule has 0 unspecified atom stereocenters. The molecule has 1 amide bonds. The molecule has 2 nitrogen and oxygen atoms in total. The highest BCUT2D eigenvalue weighted by Gasteiger charge is 2.15. The maximum absolute atomic E-state index is 10.7. The van der Waals surface area contributed by atoms with Crippen LogP contribution in [0.15, 0.2) is 24.3 Å². The van der Waals surface area contributed by atoms with Crippen LogP contribution in [0.25, 0.3) is 0 Å². The van der Waals surface area contributed by atoms with Gasteiger partial charge < -0.3 is 5.32 Å². The first kappa shape index (κ1) is 14.5. The van der Waals surface area contributed by atoms with Gasteiger partial charge in [-0.25, -0.2) is 0 Å². The van der Waals surface area contributed by atoms with E-state index in [0.29, 0.717) is 13.0 Å². The number of hydrogen-bond donors (Lipinski definition) is 1. The highest BCUT2D eigenvalue weighted by atomic mass is 28.3. The summed E-state index contributed by atoms with van der Waals surface area (Å²) in [5.74, 6) is 6.17. The number of rotatable bonds is 3. The molecule has 0 aliphatic carbocycles. The van der Waals surface area contributed by atoms with E-state index in [4.69, 9.17) is 0 Å². The Balaban J connectivity index is 2.54. The molecule has 96 valence electrons. The van der Waals surface area contributed by atoms with E-state index in [2.05, 4.69) is 61.1 Å². The van der Waals surface area contributed by atoms with Crippen molar-refractivity contribution in [1.82, 2.24) is 5.32 Å². The monoisotopic (exact) mass is 259 g/mol. The van der Waals surface area contributed by atoms with Crippen LogP contribution in [0.1, 0.15) is 18.9 Å². The minimum atomic E-state index is -1.21. The van der Waals surface area contributed by atoms with Crippen LogP contribution in [0.2, 0.25) is 19.6 Å². The fourth-order valence-corrected chi connectivity index (χ4v) is 2.69. The molecule has 0 aromatic heterocycles. The zero-order valence-corrected chi connectivity index (χ0v) is 12.6. The quantitative estimate of drug-likeness (QED) is 0.503. The molecule has 0 saturated carbocycles. The number of benzene rings is 1. The zero-order chi connectivity index (χ0) is 13.6. The molecule has 3 heteroatoms. The van der Waals surface area contributed by atoms with Crippen molar-refractivity contribution in [3.8, 4) is 11.8 Å². The van der Waals surface area contributed by atoms with Crippen molar-refractivity contribution in [1.29, 1.82) is 0 Å². The van der Waals surface area contributed by atoms with E-state index in [1.54, 1.807) is 0 Å². The smallest absolute Gasteiger partial charge is 0.216 e. The Morgan fingerprint density at radius 1 is 1.22 bits per heavy atom. The first-order valence-electron chi connectivity index (χ1n) is 6.23. The first-order chi connectivity index (χ1) is 8.39. The summed E-state index contributed by atoms with van der Waals surface area (Å²) >= 11 is 0. The van der Waals surface area contributed by atoms with Gasteiger partial charge in [0.1, 0.15) is 0 Å². The Morgan fingerprint density at radius 3 is 2.33 bits per heavy atom. The standard InChI is InChI=1S/C15H21NOSi/c1-13(17)16-12-6-5-7-14-8-10-15(11-9-14)18(2,3)4/h8-11H,6,12H2,1-4H3,(H,16,17). The molecule has 0 fully saturated rings. The van der Waals surface area contributed by atoms with Gasteiger partial charge >= 0.3 is 0 Å². The zero-order valence-electron chi connectivity index (χ0n) is 11.6. The van der Waals surface area contributed by atoms with Crippen LogP contribution < -0.4 is 10.5 Å². The van der Waals surface area contributed by atoms with Crippen molar-refractivity contribution in [2.45, 2.75) is 33.0 Å². The van der Waals surface area contributed by atoms with Crippen molar-refractivity contribution in [2.24, 2.45) is 0 Å². The maximum Gasteiger partial charge on any atom is 0.216 e. The number of carbonyl (C=O) groups is 1. The topological polar surface area (TPSA) is 29.1 Å². The lowest BCUT2D eigenvalue weighted by Crippen LogP contribution is -2.37. The van der Waals surface area contributed by atoms with E-state index >= 15 is 0 Å². The van der Waals surface area contributed by atoms with Crippen molar-refractivity contribution in [2.75, 3.05) is 6.54 Å². The van der Waals surface area contributed by atoms with Crippen LogP contribution in [0.4, 0.5) is 0 Å². The van der Waals surface area contributed by atoms with Gasteiger partial charge in [0.25, 0.3) is 0 Å². The van der Waals surface area contributed by atoms with Gasteiger partial charge in [-0.15, -0.1) is 0 Å². The van der Waals surface area contributed by atoms with Crippen molar-refractivity contribution in [3.05, 3.63) is 29.8 Å². The highest BCUT2D eigenvalue weighted by Crippen LogP contribution is 2.03. The highest BCUT2D eigenvalue weighted by molar-refractivity contribution is 6.88. The third kappa shape index (κ3) is 5.20. The van der Waals surface area contributed by atoms with Gasteiger partial charge in [-0.05, 0) is 12.1 Å². The summed E-state index contributed by atoms with van der Waals surface area (Å²) in [6.07, 6.45) is 0.690. The molecule has 1 aromatic carbocycles. The predicted octanol–water partition coefficient (Wildman–Crippen LogP) is 2.11. The maximum atomic E-state index is 10.7. The van der Waals surface area contributed by atoms with Crippen molar-refractivity contribution < 1.29 is 4.79 Å². The molecule has 0 aliphatic rings. The van der Waals surface area contributed by atoms with Gasteiger partial charge in [0.15, 0.2) is 0 Å². The Bertz CT molecular complexity index is 460. The molecular weight excluding hydrogens is 238 g/mol. The lowest BCUT2D eigenvalue weighted by atomic mass is 10.2. The minimum Gasteiger partial charge on any atom is -0.355 e. The van der Waals surface area contributed by atoms with E-state index in [1.165, 1.54) is 12.1 Å². The van der Waals surface area contributed by atoms with Crippen LogP contribution in [0.5, 0.6) is 0 Å². The van der Waals surface area contributed by atoms with E-state index < -0.39 is 8.07 Å². The summed E-state index contributed by atoms with van der Waals surface area (Å²) in [6, 6.07) is 8.53. The summed E-state index contributed by atoms with van der Waals surface area (Å²) in [4.78, 5) is 10.7. The SMILES string of the molecule is CC(=O)NCCC#Cc1ccc([Si](C)(C)C)cc1. The summed E-state index contributed by atoms with van der Waals surface area (Å²) in [5.41, 5.74) is 1.04. The van der Waals surface area contributed by atoms with Crippen molar-refractivity contribution >= 4 is 19.2 Å². The van der Waals surface area contributed by atoms with E-state index in [1.807, 2.05) is 0 Å². The molecule has 0 bridgehead atoms. The average molecular weight is 259 g/mol. The van der Waals surface area contributed by atoms with E-state index in [0.717, 1.165) is 5.56 Å². The largest absolute Gasteiger partial charge is 0.355 e. The van der Waals surface area contributed by atoms with Crippen LogP contribution >= 0.6 is 0 Å². The summed E-state index contributed by atoms with van der Waals surface area (Å²) in [7, 11) is -1.21. The lowest BCUT2D eigenvalue weighted by Gasteiger charge is -2.15. The lowest BCUT2D eigenvalue weighted by molar-refractivity contribution is -0.118. The summed E-state index contributed by atoms with van der Waals surface area (Å²) in [5, 5.41) is 4.18. The molecule has 0 atom stereocenters. The van der Waals surface area contributed by atoms with Gasteiger partial charge in [0.05, 0.1) is 8.07 Å². The molecular formula is C15H21NOSi. The predicted molar refractivity (Wildman–Crippen MR) is 79.6 cm³/mol.